The van der Waals surface area contributed by atoms with Crippen molar-refractivity contribution >= 4 is 5.78 Å². The summed E-state index contributed by atoms with van der Waals surface area (Å²) in [4.78, 5) is 11.5. The maximum atomic E-state index is 11.5. The van der Waals surface area contributed by atoms with Crippen LogP contribution in [0.15, 0.2) is 0 Å². The average molecular weight is 180 g/mol. The molecule has 1 heterocycles. The largest absolute Gasteiger partial charge is 0.381 e. The fourth-order valence-corrected chi connectivity index (χ4v) is 1.56. The number of terminal acetylenes is 1. The zero-order chi connectivity index (χ0) is 9.52. The summed E-state index contributed by atoms with van der Waals surface area (Å²) in [5, 5.41) is 0. The third kappa shape index (κ3) is 3.61. The number of hydrogen-bond donors (Lipinski definition) is 0. The first-order valence-electron chi connectivity index (χ1n) is 4.88. The van der Waals surface area contributed by atoms with E-state index in [1.54, 1.807) is 0 Å². The summed E-state index contributed by atoms with van der Waals surface area (Å²) in [6, 6.07) is 0. The Hall–Kier alpha value is -0.810. The second-order valence-electron chi connectivity index (χ2n) is 3.44. The zero-order valence-corrected chi connectivity index (χ0v) is 7.92. The van der Waals surface area contributed by atoms with Crippen LogP contribution in [0.3, 0.4) is 0 Å². The monoisotopic (exact) mass is 180 g/mol. The summed E-state index contributed by atoms with van der Waals surface area (Å²) >= 11 is 0. The van der Waals surface area contributed by atoms with E-state index in [0.717, 1.165) is 25.9 Å². The highest BCUT2D eigenvalue weighted by Crippen LogP contribution is 2.16. The number of ether oxygens (including phenoxy) is 1. The van der Waals surface area contributed by atoms with Crippen molar-refractivity contribution in [3.8, 4) is 12.3 Å². The molecule has 1 atom stereocenters. The molecule has 1 aliphatic heterocycles. The minimum atomic E-state index is 0.145. The van der Waals surface area contributed by atoms with Gasteiger partial charge in [0.2, 0.25) is 0 Å². The first-order chi connectivity index (χ1) is 6.34. The predicted molar refractivity (Wildman–Crippen MR) is 51.2 cm³/mol. The van der Waals surface area contributed by atoms with Gasteiger partial charge in [0.1, 0.15) is 5.78 Å². The maximum absolute atomic E-state index is 11.5. The lowest BCUT2D eigenvalue weighted by atomic mass is 9.94. The lowest BCUT2D eigenvalue weighted by Gasteiger charge is -2.20. The van der Waals surface area contributed by atoms with Gasteiger partial charge in [-0.25, -0.2) is 0 Å². The van der Waals surface area contributed by atoms with Crippen molar-refractivity contribution in [1.29, 1.82) is 0 Å². The van der Waals surface area contributed by atoms with Crippen molar-refractivity contribution in [1.82, 2.24) is 0 Å². The van der Waals surface area contributed by atoms with Gasteiger partial charge in [-0.1, -0.05) is 0 Å². The van der Waals surface area contributed by atoms with Gasteiger partial charge < -0.3 is 4.74 Å². The van der Waals surface area contributed by atoms with Crippen LogP contribution in [0, 0.1) is 18.3 Å². The fourth-order valence-electron chi connectivity index (χ4n) is 1.56. The van der Waals surface area contributed by atoms with Gasteiger partial charge >= 0.3 is 0 Å². The SMILES string of the molecule is C#CCCCC(=O)C1CCCOC1. The molecule has 0 N–H and O–H groups in total. The second kappa shape index (κ2) is 5.77. The first kappa shape index (κ1) is 10.3. The van der Waals surface area contributed by atoms with Gasteiger partial charge in [0, 0.05) is 25.4 Å². The molecule has 0 aromatic carbocycles. The third-order valence-electron chi connectivity index (χ3n) is 2.36. The van der Waals surface area contributed by atoms with Gasteiger partial charge in [0.05, 0.1) is 6.61 Å². The zero-order valence-electron chi connectivity index (χ0n) is 7.92. The van der Waals surface area contributed by atoms with Crippen molar-refractivity contribution in [2.75, 3.05) is 13.2 Å². The second-order valence-corrected chi connectivity index (χ2v) is 3.44. The molecule has 1 aliphatic rings. The number of ketones is 1. The molecule has 2 heteroatoms. The Kier molecular flexibility index (Phi) is 4.56. The highest BCUT2D eigenvalue weighted by atomic mass is 16.5. The molecule has 1 saturated heterocycles. The molecule has 1 unspecified atom stereocenters. The van der Waals surface area contributed by atoms with E-state index in [1.165, 1.54) is 0 Å². The number of Topliss-reactive ketones (excluding diaryl/α,β-unsaturated/α-hetero) is 1. The third-order valence-corrected chi connectivity index (χ3v) is 2.36. The van der Waals surface area contributed by atoms with E-state index in [1.807, 2.05) is 0 Å². The van der Waals surface area contributed by atoms with E-state index in [0.29, 0.717) is 25.2 Å². The minimum absolute atomic E-state index is 0.145. The van der Waals surface area contributed by atoms with Crippen molar-refractivity contribution in [2.45, 2.75) is 32.1 Å². The summed E-state index contributed by atoms with van der Waals surface area (Å²) in [5.74, 6) is 3.02. The topological polar surface area (TPSA) is 26.3 Å². The molecule has 1 fully saturated rings. The van der Waals surface area contributed by atoms with Crippen LogP contribution < -0.4 is 0 Å². The van der Waals surface area contributed by atoms with Gasteiger partial charge in [-0.15, -0.1) is 12.3 Å². The molecule has 2 nitrogen and oxygen atoms in total. The normalized spacial score (nSPS) is 22.2. The molecular weight excluding hydrogens is 164 g/mol. The fraction of sp³-hybridized carbons (Fsp3) is 0.727. The first-order valence-corrected chi connectivity index (χ1v) is 4.88. The predicted octanol–water partition coefficient (Wildman–Crippen LogP) is 1.79. The molecule has 0 aromatic heterocycles. The Morgan fingerprint density at radius 3 is 3.08 bits per heavy atom. The summed E-state index contributed by atoms with van der Waals surface area (Å²) in [6.07, 6.45) is 9.28. The lowest BCUT2D eigenvalue weighted by molar-refractivity contribution is -0.126. The number of carbonyl (C=O) groups is 1. The van der Waals surface area contributed by atoms with Crippen LogP contribution >= 0.6 is 0 Å². The summed E-state index contributed by atoms with van der Waals surface area (Å²) in [6.45, 7) is 1.43. The molecule has 0 amide bonds. The van der Waals surface area contributed by atoms with E-state index < -0.39 is 0 Å². The molecule has 0 aliphatic carbocycles. The molecule has 72 valence electrons. The van der Waals surface area contributed by atoms with Crippen molar-refractivity contribution in [3.63, 3.8) is 0 Å². The Labute approximate surface area is 79.7 Å². The lowest BCUT2D eigenvalue weighted by Crippen LogP contribution is -2.25. The molecule has 0 aromatic rings. The van der Waals surface area contributed by atoms with Gasteiger partial charge in [-0.3, -0.25) is 4.79 Å². The average Bonchev–Trinajstić information content (AvgIpc) is 2.19. The summed E-state index contributed by atoms with van der Waals surface area (Å²) in [5.41, 5.74) is 0. The molecule has 0 spiro atoms. The molecule has 0 bridgehead atoms. The van der Waals surface area contributed by atoms with Gasteiger partial charge in [-0.2, -0.15) is 0 Å². The number of hydrogen-bond acceptors (Lipinski definition) is 2. The number of carbonyl (C=O) groups excluding carboxylic acids is 1. The smallest absolute Gasteiger partial charge is 0.138 e. The Balaban J connectivity index is 2.18. The molecule has 0 radical (unpaired) electrons. The number of rotatable bonds is 4. The van der Waals surface area contributed by atoms with Crippen LogP contribution in [-0.2, 0) is 9.53 Å². The molecule has 1 rings (SSSR count). The van der Waals surface area contributed by atoms with Crippen molar-refractivity contribution in [3.05, 3.63) is 0 Å². The van der Waals surface area contributed by atoms with Crippen LogP contribution in [0.25, 0.3) is 0 Å². The van der Waals surface area contributed by atoms with E-state index in [9.17, 15) is 4.79 Å². The van der Waals surface area contributed by atoms with E-state index in [-0.39, 0.29) is 5.92 Å². The minimum Gasteiger partial charge on any atom is -0.381 e. The molecular formula is C11H16O2. The van der Waals surface area contributed by atoms with Gasteiger partial charge in [0.15, 0.2) is 0 Å². The maximum Gasteiger partial charge on any atom is 0.138 e. The van der Waals surface area contributed by atoms with Crippen LogP contribution in [0.5, 0.6) is 0 Å². The van der Waals surface area contributed by atoms with Crippen molar-refractivity contribution < 1.29 is 9.53 Å². The molecule has 0 saturated carbocycles. The highest BCUT2D eigenvalue weighted by Gasteiger charge is 2.20. The molecule has 13 heavy (non-hydrogen) atoms. The van der Waals surface area contributed by atoms with Crippen LogP contribution in [-0.4, -0.2) is 19.0 Å². The van der Waals surface area contributed by atoms with Gasteiger partial charge in [0.25, 0.3) is 0 Å². The van der Waals surface area contributed by atoms with Gasteiger partial charge in [-0.05, 0) is 19.3 Å². The van der Waals surface area contributed by atoms with Crippen LogP contribution in [0.1, 0.15) is 32.1 Å². The van der Waals surface area contributed by atoms with E-state index in [2.05, 4.69) is 5.92 Å². The van der Waals surface area contributed by atoms with Crippen LogP contribution in [0.2, 0.25) is 0 Å². The van der Waals surface area contributed by atoms with E-state index in [4.69, 9.17) is 11.2 Å². The highest BCUT2D eigenvalue weighted by molar-refractivity contribution is 5.81. The standard InChI is InChI=1S/C11H16O2/c1-2-3-4-7-11(12)10-6-5-8-13-9-10/h1,10H,3-9H2. The quantitative estimate of drug-likeness (QED) is 0.487. The van der Waals surface area contributed by atoms with Crippen molar-refractivity contribution in [2.24, 2.45) is 5.92 Å². The summed E-state index contributed by atoms with van der Waals surface area (Å²) in [7, 11) is 0. The Morgan fingerprint density at radius 2 is 2.46 bits per heavy atom. The Bertz CT molecular complexity index is 197. The Morgan fingerprint density at radius 1 is 1.62 bits per heavy atom. The van der Waals surface area contributed by atoms with E-state index >= 15 is 0 Å². The number of unbranched alkanes of at least 4 members (excludes halogenated alkanes) is 1. The summed E-state index contributed by atoms with van der Waals surface area (Å²) < 4.78 is 5.25. The van der Waals surface area contributed by atoms with Crippen LogP contribution in [0.4, 0.5) is 0 Å².